The number of nitrogens with two attached hydrogens (primary N) is 1. The topological polar surface area (TPSA) is 532 Å². The van der Waals surface area contributed by atoms with Gasteiger partial charge in [-0.15, -0.1) is 0 Å². The summed E-state index contributed by atoms with van der Waals surface area (Å²) in [6.45, 7) is 16.6. The first kappa shape index (κ1) is 89.0. The maximum atomic E-state index is 15.3. The molecule has 12 amide bonds. The van der Waals surface area contributed by atoms with E-state index in [-0.39, 0.29) is 49.9 Å². The monoisotopic (exact) mass is 1570 g/mol. The maximum absolute atomic E-state index is 15.3. The molecule has 0 radical (unpaired) electrons. The Morgan fingerprint density at radius 2 is 1.22 bits per heavy atom. The highest BCUT2D eigenvalue weighted by molar-refractivity contribution is 8.76. The zero-order valence-corrected chi connectivity index (χ0v) is 65.3. The van der Waals surface area contributed by atoms with E-state index in [2.05, 4.69) is 78.8 Å². The van der Waals surface area contributed by atoms with E-state index in [1.54, 1.807) is 92.8 Å². The van der Waals surface area contributed by atoms with Crippen LogP contribution in [-0.4, -0.2) is 216 Å². The van der Waals surface area contributed by atoms with Gasteiger partial charge >= 0.3 is 11.9 Å². The van der Waals surface area contributed by atoms with Crippen molar-refractivity contribution in [1.82, 2.24) is 78.8 Å². The second-order valence-corrected chi connectivity index (χ2v) is 32.6. The number of benzene rings is 2. The van der Waals surface area contributed by atoms with Gasteiger partial charge in [0.1, 0.15) is 66.5 Å². The van der Waals surface area contributed by atoms with E-state index >= 15 is 4.79 Å². The minimum Gasteiger partial charge on any atom is -0.481 e. The second kappa shape index (κ2) is 41.7. The summed E-state index contributed by atoms with van der Waals surface area (Å²) in [5, 5.41) is 62.4. The largest absolute Gasteiger partial charge is 0.481 e. The third-order valence-corrected chi connectivity index (χ3v) is 20.9. The highest BCUT2D eigenvalue weighted by Gasteiger charge is 2.41. The van der Waals surface area contributed by atoms with E-state index in [1.807, 2.05) is 24.3 Å². The quantitative estimate of drug-likeness (QED) is 0.0463. The molecule has 0 bridgehead atoms. The summed E-state index contributed by atoms with van der Waals surface area (Å²) in [5.41, 5.74) is 8.23. The minimum atomic E-state index is -1.70. The number of imidazole rings is 1. The Balaban J connectivity index is 1.45. The van der Waals surface area contributed by atoms with Crippen LogP contribution < -0.4 is 69.5 Å². The number of ketones is 1. The molecule has 602 valence electrons. The molecule has 1 aliphatic heterocycles. The Hall–Kier alpha value is -9.94. The number of nitrogens with zero attached hydrogens (tertiary/aromatic N) is 1. The molecule has 1 unspecified atom stereocenters. The predicted molar refractivity (Wildman–Crippen MR) is 408 cm³/mol. The number of aliphatic carboxylic acids is 2. The molecule has 19 N–H and O–H groups in total. The van der Waals surface area contributed by atoms with Crippen LogP contribution in [0.5, 0.6) is 0 Å². The fourth-order valence-electron chi connectivity index (χ4n) is 12.5. The van der Waals surface area contributed by atoms with Crippen LogP contribution >= 0.6 is 21.6 Å². The van der Waals surface area contributed by atoms with Crippen LogP contribution in [0.2, 0.25) is 0 Å². The fourth-order valence-corrected chi connectivity index (χ4v) is 14.9. The van der Waals surface area contributed by atoms with Crippen molar-refractivity contribution in [2.24, 2.45) is 28.9 Å². The lowest BCUT2D eigenvalue weighted by Gasteiger charge is -2.31. The van der Waals surface area contributed by atoms with Crippen LogP contribution in [-0.2, 0) is 91.2 Å². The normalized spacial score (nSPS) is 24.2. The number of para-hydroxylation sites is 1. The highest BCUT2D eigenvalue weighted by Crippen LogP contribution is 2.36. The molecule has 34 nitrogen and oxygen atoms in total. The average molecular weight is 1570 g/mol. The van der Waals surface area contributed by atoms with E-state index < -0.39 is 216 Å². The number of hydrogen-bond acceptors (Lipinski definition) is 20. The number of fused-ring (bicyclic) bond motifs is 2. The minimum absolute atomic E-state index is 0.0369. The number of carbonyl (C=O) groups is 15. The number of carboxylic acid groups (broad SMARTS) is 2. The molecule has 6 rings (SSSR count). The summed E-state index contributed by atoms with van der Waals surface area (Å²) in [6.07, 6.45) is 1.23. The Morgan fingerprint density at radius 1 is 0.636 bits per heavy atom. The average Bonchev–Trinajstić information content (AvgIpc) is 1.64. The van der Waals surface area contributed by atoms with Gasteiger partial charge < -0.3 is 94.8 Å². The van der Waals surface area contributed by atoms with Gasteiger partial charge in [-0.1, -0.05) is 126 Å². The zero-order valence-electron chi connectivity index (χ0n) is 63.7. The summed E-state index contributed by atoms with van der Waals surface area (Å²) in [5.74, 6) is -17.5. The SMILES string of the molecule is CC(C)C[C@@H]1NC(=O)[C@H](Cc2cnc[nH]2)NC(=O)[C@H](Cc2c[nH]c3ccccc23)NC(=O)[C@H](C)NC(=O)[C@@H](NC(=O)[C@@H](N)CC(=O)O)CSSC[C@@H](C(=O)N[C@H](C(=O)C(C)(C)C)[C@@H](C)O)NC(=O)[C@H](CC2CCc3ccccc32)NC(=O)[C@H](C(C)C)NC(=O)[C@H](CC(C)C)NC(=O)[C@H](CCC(=O)O)NC(=O)CNC1=O. The summed E-state index contributed by atoms with van der Waals surface area (Å²) in [6, 6.07) is -4.05. The molecule has 110 heavy (non-hydrogen) atoms. The molecule has 0 spiro atoms. The molecule has 2 aliphatic rings. The number of carboxylic acids is 2. The molecular formula is C74H106N16O18S2. The predicted octanol–water partition coefficient (Wildman–Crippen LogP) is 0.0712. The van der Waals surface area contributed by atoms with Crippen molar-refractivity contribution in [2.45, 2.75) is 225 Å². The summed E-state index contributed by atoms with van der Waals surface area (Å²) < 4.78 is 0. The van der Waals surface area contributed by atoms with Crippen molar-refractivity contribution in [3.8, 4) is 0 Å². The van der Waals surface area contributed by atoms with Gasteiger partial charge in [0.05, 0.1) is 31.4 Å². The number of aliphatic hydroxyl groups is 1. The van der Waals surface area contributed by atoms with Gasteiger partial charge in [-0.25, -0.2) is 4.98 Å². The Morgan fingerprint density at radius 3 is 1.84 bits per heavy atom. The van der Waals surface area contributed by atoms with Gasteiger partial charge in [-0.2, -0.15) is 0 Å². The van der Waals surface area contributed by atoms with E-state index in [0.717, 1.165) is 32.7 Å². The molecule has 1 aliphatic carbocycles. The molecule has 1 fully saturated rings. The lowest BCUT2D eigenvalue weighted by molar-refractivity contribution is -0.140. The first-order valence-electron chi connectivity index (χ1n) is 36.7. The Labute approximate surface area is 645 Å². The van der Waals surface area contributed by atoms with Gasteiger partial charge in [0, 0.05) is 65.2 Å². The number of rotatable bonds is 22. The van der Waals surface area contributed by atoms with Crippen LogP contribution in [0.15, 0.2) is 67.3 Å². The van der Waals surface area contributed by atoms with Crippen LogP contribution in [0.1, 0.15) is 149 Å². The number of nitrogens with one attached hydrogen (secondary N) is 14. The number of amides is 12. The molecule has 3 heterocycles. The van der Waals surface area contributed by atoms with Gasteiger partial charge in [-0.05, 0) is 98.8 Å². The standard InChI is InChI=1S/C74H106N16O18S2/c1-36(2)24-50-65(100)78-32-57(92)81-49(22-23-58(93)94)66(101)84-51(25-37(3)4)70(105)89-60(38(5)6)73(108)86-52(26-42-21-20-41-16-12-13-17-45(41)42)68(103)88-56(72(107)90-61(40(8)91)62(97)74(9,10)11)34-110-109-33-55(87-64(99)47(75)29-59(95)96)71(106)80-39(7)63(98)82-53(27-43-30-77-48-19-15-14-18-46(43)48)67(102)85-54(69(104)83-50)28-44-31-76-35-79-44/h12-19,30-31,35-40,42,47,49-56,60-61,77,91H,20-29,32-34,75H2,1-11H3,(H,76,79)(H,78,100)(H,80,106)(H,81,92)(H,82,98)(H,83,104)(H,84,101)(H,85,102)(H,86,108)(H,87,99)(H,88,103)(H,89,105)(H,90,107)(H,93,94)(H,95,96)/t39-,40+,42?,47-,49-,50-,51-,52-,53-,54-,55-,56-,60-,61-/m0/s1. The molecule has 2 aromatic carbocycles. The van der Waals surface area contributed by atoms with E-state index in [0.29, 0.717) is 35.0 Å². The van der Waals surface area contributed by atoms with Gasteiger partial charge in [0.15, 0.2) is 5.78 Å². The molecule has 4 aromatic rings. The highest BCUT2D eigenvalue weighted by atomic mass is 33.1. The van der Waals surface area contributed by atoms with Crippen molar-refractivity contribution in [1.29, 1.82) is 0 Å². The van der Waals surface area contributed by atoms with Crippen molar-refractivity contribution in [2.75, 3.05) is 18.1 Å². The molecule has 0 saturated carbocycles. The third-order valence-electron chi connectivity index (χ3n) is 18.5. The number of hydrogen-bond donors (Lipinski definition) is 18. The Kier molecular flexibility index (Phi) is 33.8. The number of carbonyl (C=O) groups excluding carboxylic acids is 13. The second-order valence-electron chi connectivity index (χ2n) is 30.0. The molecule has 14 atom stereocenters. The van der Waals surface area contributed by atoms with Gasteiger partial charge in [0.2, 0.25) is 70.9 Å². The number of Topliss-reactive ketones (excluding diaryl/α,β-unsaturated/α-hetero) is 1. The summed E-state index contributed by atoms with van der Waals surface area (Å²) in [4.78, 5) is 222. The summed E-state index contributed by atoms with van der Waals surface area (Å²) >= 11 is 0. The van der Waals surface area contributed by atoms with Crippen LogP contribution in [0.4, 0.5) is 0 Å². The molecule has 36 heteroatoms. The van der Waals surface area contributed by atoms with Crippen molar-refractivity contribution >= 4 is 121 Å². The van der Waals surface area contributed by atoms with Crippen LogP contribution in [0.3, 0.4) is 0 Å². The molecule has 2 aromatic heterocycles. The van der Waals surface area contributed by atoms with Gasteiger partial charge in [0.25, 0.3) is 0 Å². The Bertz CT molecular complexity index is 3940. The third kappa shape index (κ3) is 27.3. The van der Waals surface area contributed by atoms with E-state index in [1.165, 1.54) is 26.4 Å². The molecular weight excluding hydrogens is 1470 g/mol. The number of aliphatic hydroxyl groups excluding tert-OH is 1. The summed E-state index contributed by atoms with van der Waals surface area (Å²) in [7, 11) is 1.71. The van der Waals surface area contributed by atoms with E-state index in [9.17, 15) is 82.4 Å². The number of aryl methyl sites for hydroxylation is 1. The number of aromatic nitrogens is 3. The van der Waals surface area contributed by atoms with E-state index in [4.69, 9.17) is 5.73 Å². The number of aromatic amines is 2. The zero-order chi connectivity index (χ0) is 81.4. The smallest absolute Gasteiger partial charge is 0.305 e. The van der Waals surface area contributed by atoms with Gasteiger partial charge in [-0.3, -0.25) is 71.9 Å². The van der Waals surface area contributed by atoms with Crippen molar-refractivity contribution < 1.29 is 87.2 Å². The lowest BCUT2D eigenvalue weighted by atomic mass is 9.84. The fraction of sp³-hybridized carbons (Fsp3) is 0.568. The lowest BCUT2D eigenvalue weighted by Crippen LogP contribution is -2.61. The first-order valence-corrected chi connectivity index (χ1v) is 39.2. The van der Waals surface area contributed by atoms with Crippen molar-refractivity contribution in [3.05, 3.63) is 89.6 Å². The van der Waals surface area contributed by atoms with Crippen LogP contribution in [0.25, 0.3) is 10.9 Å². The first-order chi connectivity index (χ1) is 51.8. The molecule has 1 saturated heterocycles. The maximum Gasteiger partial charge on any atom is 0.305 e. The van der Waals surface area contributed by atoms with Crippen molar-refractivity contribution in [3.63, 3.8) is 0 Å². The number of H-pyrrole nitrogens is 2. The van der Waals surface area contributed by atoms with Crippen LogP contribution in [0, 0.1) is 23.2 Å².